The van der Waals surface area contributed by atoms with Gasteiger partial charge in [0.05, 0.1) is 12.3 Å². The van der Waals surface area contributed by atoms with Crippen LogP contribution >= 0.6 is 0 Å². The standard InChI is InChI=1S/C13H20N4O3/c1-20-8-7-16(10-11-3-2-6-14-11)12-4-5-13(15-9-12)17(18)19/h4-5,9,11,14H,2-3,6-8,10H2,1H3. The first-order chi connectivity index (χ1) is 9.70. The Morgan fingerprint density at radius 1 is 1.60 bits per heavy atom. The molecule has 0 spiro atoms. The summed E-state index contributed by atoms with van der Waals surface area (Å²) in [6.45, 7) is 3.28. The Bertz CT molecular complexity index is 432. The van der Waals surface area contributed by atoms with Crippen molar-refractivity contribution in [1.29, 1.82) is 0 Å². The van der Waals surface area contributed by atoms with Gasteiger partial charge >= 0.3 is 5.82 Å². The van der Waals surface area contributed by atoms with Gasteiger partial charge in [0, 0.05) is 32.3 Å². The van der Waals surface area contributed by atoms with E-state index in [-0.39, 0.29) is 5.82 Å². The molecule has 2 rings (SSSR count). The molecule has 0 amide bonds. The van der Waals surface area contributed by atoms with Gasteiger partial charge in [0.15, 0.2) is 6.20 Å². The van der Waals surface area contributed by atoms with Crippen molar-refractivity contribution in [2.75, 3.05) is 38.3 Å². The first-order valence-corrected chi connectivity index (χ1v) is 6.78. The molecule has 1 N–H and O–H groups in total. The molecule has 20 heavy (non-hydrogen) atoms. The summed E-state index contributed by atoms with van der Waals surface area (Å²) < 4.78 is 5.13. The molecule has 0 radical (unpaired) electrons. The Hall–Kier alpha value is -1.73. The van der Waals surface area contributed by atoms with Crippen LogP contribution in [-0.2, 0) is 4.74 Å². The first-order valence-electron chi connectivity index (χ1n) is 6.78. The summed E-state index contributed by atoms with van der Waals surface area (Å²) in [7, 11) is 1.67. The quantitative estimate of drug-likeness (QED) is 0.597. The molecule has 0 bridgehead atoms. The molecule has 1 aromatic heterocycles. The number of methoxy groups -OCH3 is 1. The first kappa shape index (κ1) is 14.7. The molecule has 0 aromatic carbocycles. The van der Waals surface area contributed by atoms with Crippen LogP contribution in [0.3, 0.4) is 0 Å². The SMILES string of the molecule is COCCN(CC1CCCN1)c1ccc([N+](=O)[O-])nc1. The molecule has 1 atom stereocenters. The van der Waals surface area contributed by atoms with Crippen molar-refractivity contribution < 1.29 is 9.66 Å². The van der Waals surface area contributed by atoms with Gasteiger partial charge in [-0.05, 0) is 35.4 Å². The van der Waals surface area contributed by atoms with Gasteiger partial charge in [0.25, 0.3) is 0 Å². The van der Waals surface area contributed by atoms with Crippen LogP contribution in [0.2, 0.25) is 0 Å². The highest BCUT2D eigenvalue weighted by atomic mass is 16.6. The van der Waals surface area contributed by atoms with Crippen LogP contribution in [0, 0.1) is 10.1 Å². The van der Waals surface area contributed by atoms with Crippen molar-refractivity contribution in [1.82, 2.24) is 10.3 Å². The van der Waals surface area contributed by atoms with E-state index in [1.165, 1.54) is 12.5 Å². The zero-order valence-electron chi connectivity index (χ0n) is 11.6. The Morgan fingerprint density at radius 3 is 3.00 bits per heavy atom. The Labute approximate surface area is 118 Å². The van der Waals surface area contributed by atoms with E-state index >= 15 is 0 Å². The largest absolute Gasteiger partial charge is 0.383 e. The van der Waals surface area contributed by atoms with Crippen molar-refractivity contribution in [3.63, 3.8) is 0 Å². The fourth-order valence-corrected chi connectivity index (χ4v) is 2.38. The number of anilines is 1. The van der Waals surface area contributed by atoms with Gasteiger partial charge in [-0.2, -0.15) is 0 Å². The molecule has 1 saturated heterocycles. The smallest absolute Gasteiger partial charge is 0.363 e. The van der Waals surface area contributed by atoms with Gasteiger partial charge in [-0.25, -0.2) is 0 Å². The molecule has 2 heterocycles. The zero-order valence-corrected chi connectivity index (χ0v) is 11.6. The van der Waals surface area contributed by atoms with Gasteiger partial charge in [-0.3, -0.25) is 0 Å². The average molecular weight is 280 g/mol. The summed E-state index contributed by atoms with van der Waals surface area (Å²) >= 11 is 0. The maximum Gasteiger partial charge on any atom is 0.363 e. The van der Waals surface area contributed by atoms with E-state index in [4.69, 9.17) is 4.74 Å². The molecule has 7 heteroatoms. The maximum atomic E-state index is 10.6. The lowest BCUT2D eigenvalue weighted by molar-refractivity contribution is -0.389. The predicted octanol–water partition coefficient (Wildman–Crippen LogP) is 1.19. The lowest BCUT2D eigenvalue weighted by atomic mass is 10.2. The molecule has 1 unspecified atom stereocenters. The highest BCUT2D eigenvalue weighted by Gasteiger charge is 2.19. The van der Waals surface area contributed by atoms with Gasteiger partial charge in [0.2, 0.25) is 0 Å². The fourth-order valence-electron chi connectivity index (χ4n) is 2.38. The van der Waals surface area contributed by atoms with Crippen LogP contribution in [0.15, 0.2) is 18.3 Å². The minimum absolute atomic E-state index is 0.126. The normalized spacial score (nSPS) is 18.1. The number of hydrogen-bond donors (Lipinski definition) is 1. The van der Waals surface area contributed by atoms with E-state index < -0.39 is 4.92 Å². The molecule has 1 aliphatic heterocycles. The topological polar surface area (TPSA) is 80.5 Å². The minimum Gasteiger partial charge on any atom is -0.383 e. The Balaban J connectivity index is 2.05. The third-order valence-electron chi connectivity index (χ3n) is 3.45. The summed E-state index contributed by atoms with van der Waals surface area (Å²) in [5.74, 6) is -0.126. The summed E-state index contributed by atoms with van der Waals surface area (Å²) in [6.07, 6.45) is 3.91. The van der Waals surface area contributed by atoms with Gasteiger partial charge < -0.3 is 25.1 Å². The van der Waals surface area contributed by atoms with Crippen molar-refractivity contribution in [2.24, 2.45) is 0 Å². The van der Waals surface area contributed by atoms with E-state index in [0.717, 1.165) is 31.7 Å². The molecule has 0 aliphatic carbocycles. The monoisotopic (exact) mass is 280 g/mol. The molecule has 1 aliphatic rings. The highest BCUT2D eigenvalue weighted by molar-refractivity contribution is 5.46. The Morgan fingerprint density at radius 2 is 2.45 bits per heavy atom. The number of aromatic nitrogens is 1. The van der Waals surface area contributed by atoms with E-state index in [9.17, 15) is 10.1 Å². The van der Waals surface area contributed by atoms with Gasteiger partial charge in [-0.15, -0.1) is 0 Å². The van der Waals surface area contributed by atoms with E-state index in [1.54, 1.807) is 19.4 Å². The van der Waals surface area contributed by atoms with Crippen LogP contribution in [-0.4, -0.2) is 49.3 Å². The number of nitrogens with zero attached hydrogens (tertiary/aromatic N) is 3. The van der Waals surface area contributed by atoms with Crippen LogP contribution in [0.25, 0.3) is 0 Å². The van der Waals surface area contributed by atoms with Crippen LogP contribution < -0.4 is 10.2 Å². The van der Waals surface area contributed by atoms with E-state index in [1.807, 2.05) is 0 Å². The average Bonchev–Trinajstić information content (AvgIpc) is 2.96. The van der Waals surface area contributed by atoms with E-state index in [2.05, 4.69) is 15.2 Å². The van der Waals surface area contributed by atoms with Crippen molar-refractivity contribution in [2.45, 2.75) is 18.9 Å². The second kappa shape index (κ2) is 7.16. The number of pyridine rings is 1. The molecule has 1 aromatic rings. The van der Waals surface area contributed by atoms with E-state index in [0.29, 0.717) is 12.6 Å². The van der Waals surface area contributed by atoms with Crippen molar-refractivity contribution in [3.05, 3.63) is 28.4 Å². The molecule has 0 saturated carbocycles. The summed E-state index contributed by atoms with van der Waals surface area (Å²) in [5, 5.41) is 14.1. The molecule has 1 fully saturated rings. The molecular weight excluding hydrogens is 260 g/mol. The second-order valence-corrected chi connectivity index (χ2v) is 4.86. The minimum atomic E-state index is -0.484. The fraction of sp³-hybridized carbons (Fsp3) is 0.615. The predicted molar refractivity (Wildman–Crippen MR) is 76.0 cm³/mol. The Kier molecular flexibility index (Phi) is 5.25. The van der Waals surface area contributed by atoms with Gasteiger partial charge in [-0.1, -0.05) is 0 Å². The number of ether oxygens (including phenoxy) is 1. The summed E-state index contributed by atoms with van der Waals surface area (Å²) in [4.78, 5) is 16.2. The number of nitrogens with one attached hydrogen (secondary N) is 1. The second-order valence-electron chi connectivity index (χ2n) is 4.86. The lowest BCUT2D eigenvalue weighted by Crippen LogP contribution is -2.39. The number of rotatable bonds is 7. The summed E-state index contributed by atoms with van der Waals surface area (Å²) in [5.41, 5.74) is 0.890. The van der Waals surface area contributed by atoms with Gasteiger partial charge in [0.1, 0.15) is 0 Å². The molecule has 7 nitrogen and oxygen atoms in total. The lowest BCUT2D eigenvalue weighted by Gasteiger charge is -2.26. The zero-order chi connectivity index (χ0) is 14.4. The number of nitro groups is 1. The van der Waals surface area contributed by atoms with Crippen molar-refractivity contribution in [3.8, 4) is 0 Å². The van der Waals surface area contributed by atoms with Crippen LogP contribution in [0.1, 0.15) is 12.8 Å². The molecule has 110 valence electrons. The van der Waals surface area contributed by atoms with Crippen molar-refractivity contribution >= 4 is 11.5 Å². The maximum absolute atomic E-state index is 10.6. The number of hydrogen-bond acceptors (Lipinski definition) is 6. The van der Waals surface area contributed by atoms with Crippen LogP contribution in [0.5, 0.6) is 0 Å². The summed E-state index contributed by atoms with van der Waals surface area (Å²) in [6, 6.07) is 3.65. The van der Waals surface area contributed by atoms with Crippen LogP contribution in [0.4, 0.5) is 11.5 Å². The third kappa shape index (κ3) is 3.88. The highest BCUT2D eigenvalue weighted by Crippen LogP contribution is 2.18. The third-order valence-corrected chi connectivity index (χ3v) is 3.45. The molecular formula is C13H20N4O3.